The molecule has 138 valence electrons. The first kappa shape index (κ1) is 22.2. The highest BCUT2D eigenvalue weighted by atomic mass is 19.4. The van der Waals surface area contributed by atoms with E-state index < -0.39 is 23.6 Å². The Morgan fingerprint density at radius 2 is 1.60 bits per heavy atom. The zero-order valence-corrected chi connectivity index (χ0v) is 14.4. The van der Waals surface area contributed by atoms with Gasteiger partial charge < -0.3 is 15.0 Å². The van der Waals surface area contributed by atoms with Crippen LogP contribution in [0.3, 0.4) is 0 Å². The fourth-order valence-electron chi connectivity index (χ4n) is 1.54. The van der Waals surface area contributed by atoms with E-state index >= 15 is 0 Å². The highest BCUT2D eigenvalue weighted by molar-refractivity contribution is 6.03. The maximum absolute atomic E-state index is 12.0. The third-order valence-electron chi connectivity index (χ3n) is 2.41. The molecule has 0 fully saturated rings. The molecule has 0 atom stereocenters. The number of carbonyl (C=O) groups is 1. The summed E-state index contributed by atoms with van der Waals surface area (Å²) in [7, 11) is 0. The number of aromatic amines is 1. The van der Waals surface area contributed by atoms with Crippen molar-refractivity contribution in [2.45, 2.75) is 34.1 Å². The number of benzene rings is 1. The van der Waals surface area contributed by atoms with Crippen LogP contribution in [0.25, 0.3) is 0 Å². The molecular formula is C17H21F3N2O3. The van der Waals surface area contributed by atoms with E-state index in [1.165, 1.54) is 30.5 Å². The average Bonchev–Trinajstić information content (AvgIpc) is 2.59. The van der Waals surface area contributed by atoms with Gasteiger partial charge in [-0.05, 0) is 36.4 Å². The van der Waals surface area contributed by atoms with Crippen molar-refractivity contribution in [3.05, 3.63) is 58.5 Å². The molecule has 25 heavy (non-hydrogen) atoms. The van der Waals surface area contributed by atoms with Crippen molar-refractivity contribution >= 4 is 11.6 Å². The molecule has 5 nitrogen and oxygen atoms in total. The second-order valence-corrected chi connectivity index (χ2v) is 3.94. The number of pyridine rings is 1. The molecule has 0 aliphatic rings. The molecule has 0 aliphatic carbocycles. The first-order valence-electron chi connectivity index (χ1n) is 7.70. The van der Waals surface area contributed by atoms with Crippen LogP contribution >= 0.6 is 0 Å². The van der Waals surface area contributed by atoms with Crippen LogP contribution in [0.2, 0.25) is 0 Å². The number of ether oxygens (including phenoxy) is 1. The minimum atomic E-state index is -4.78. The van der Waals surface area contributed by atoms with Gasteiger partial charge in [0.15, 0.2) is 0 Å². The highest BCUT2D eigenvalue weighted by Gasteiger charge is 2.30. The van der Waals surface area contributed by atoms with Crippen molar-refractivity contribution in [3.8, 4) is 5.75 Å². The normalized spacial score (nSPS) is 9.72. The number of H-pyrrole nitrogens is 1. The van der Waals surface area contributed by atoms with Gasteiger partial charge in [-0.15, -0.1) is 13.2 Å². The number of halogens is 3. The Morgan fingerprint density at radius 1 is 1.04 bits per heavy atom. The Morgan fingerprint density at radius 3 is 2.08 bits per heavy atom. The smallest absolute Gasteiger partial charge is 0.406 e. The van der Waals surface area contributed by atoms with Crippen LogP contribution in [0, 0.1) is 0 Å². The van der Waals surface area contributed by atoms with Crippen molar-refractivity contribution in [1.29, 1.82) is 0 Å². The summed E-state index contributed by atoms with van der Waals surface area (Å²) in [5, 5.41) is 2.39. The molecular weight excluding hydrogens is 337 g/mol. The molecule has 0 saturated heterocycles. The van der Waals surface area contributed by atoms with E-state index in [0.717, 1.165) is 12.1 Å². The van der Waals surface area contributed by atoms with E-state index in [9.17, 15) is 22.8 Å². The van der Waals surface area contributed by atoms with Crippen LogP contribution in [-0.2, 0) is 0 Å². The molecule has 1 aromatic carbocycles. The topological polar surface area (TPSA) is 71.2 Å². The number of hydrogen-bond donors (Lipinski definition) is 2. The lowest BCUT2D eigenvalue weighted by molar-refractivity contribution is -0.274. The molecule has 0 unspecified atom stereocenters. The molecule has 1 aromatic heterocycles. The van der Waals surface area contributed by atoms with Gasteiger partial charge in [0.2, 0.25) is 0 Å². The molecule has 8 heteroatoms. The number of nitrogens with one attached hydrogen (secondary N) is 2. The van der Waals surface area contributed by atoms with E-state index in [1.807, 2.05) is 27.7 Å². The lowest BCUT2D eigenvalue weighted by atomic mass is 10.2. The second-order valence-electron chi connectivity index (χ2n) is 3.94. The SMILES string of the molecule is CC.CC.O=C(Nc1ccc(OC(F)(F)F)cc1)c1ccc[nH]c1=O. The van der Waals surface area contributed by atoms with E-state index in [0.29, 0.717) is 0 Å². The Bertz CT molecular complexity index is 695. The lowest BCUT2D eigenvalue weighted by Gasteiger charge is -2.09. The summed E-state index contributed by atoms with van der Waals surface area (Å²) in [6.07, 6.45) is -3.40. The number of alkyl halides is 3. The Labute approximate surface area is 143 Å². The third kappa shape index (κ3) is 8.05. The van der Waals surface area contributed by atoms with Crippen LogP contribution in [0.5, 0.6) is 5.75 Å². The summed E-state index contributed by atoms with van der Waals surface area (Å²) >= 11 is 0. The minimum Gasteiger partial charge on any atom is -0.406 e. The maximum Gasteiger partial charge on any atom is 0.573 e. The molecule has 1 amide bonds. The van der Waals surface area contributed by atoms with E-state index in [-0.39, 0.29) is 11.3 Å². The Hall–Kier alpha value is -2.77. The monoisotopic (exact) mass is 358 g/mol. The number of anilines is 1. The predicted molar refractivity (Wildman–Crippen MR) is 90.8 cm³/mol. The van der Waals surface area contributed by atoms with E-state index in [2.05, 4.69) is 15.0 Å². The summed E-state index contributed by atoms with van der Waals surface area (Å²) in [6, 6.07) is 7.38. The fourth-order valence-corrected chi connectivity index (χ4v) is 1.54. The van der Waals surface area contributed by atoms with E-state index in [4.69, 9.17) is 0 Å². The second kappa shape index (κ2) is 10.9. The largest absolute Gasteiger partial charge is 0.573 e. The number of amides is 1. The Kier molecular flexibility index (Phi) is 9.69. The number of rotatable bonds is 3. The van der Waals surface area contributed by atoms with Crippen LogP contribution in [0.1, 0.15) is 38.1 Å². The number of aromatic nitrogens is 1. The van der Waals surface area contributed by atoms with Gasteiger partial charge in [0.05, 0.1) is 0 Å². The van der Waals surface area contributed by atoms with Crippen LogP contribution in [0.4, 0.5) is 18.9 Å². The molecule has 2 N–H and O–H groups in total. The van der Waals surface area contributed by atoms with Crippen molar-refractivity contribution < 1.29 is 22.7 Å². The molecule has 2 aromatic rings. The van der Waals surface area contributed by atoms with Crippen molar-refractivity contribution in [3.63, 3.8) is 0 Å². The van der Waals surface area contributed by atoms with Crippen LogP contribution in [-0.4, -0.2) is 17.3 Å². The van der Waals surface area contributed by atoms with Gasteiger partial charge in [0.25, 0.3) is 11.5 Å². The zero-order chi connectivity index (χ0) is 19.5. The standard InChI is InChI=1S/C13H9F3N2O3.2C2H6/c14-13(15,16)21-9-5-3-8(4-6-9)18-12(20)10-2-1-7-17-11(10)19;2*1-2/h1-7H,(H,17,19)(H,18,20);2*1-2H3. The van der Waals surface area contributed by atoms with Gasteiger partial charge in [-0.25, -0.2) is 0 Å². The van der Waals surface area contributed by atoms with Crippen LogP contribution in [0.15, 0.2) is 47.4 Å². The number of hydrogen-bond acceptors (Lipinski definition) is 3. The zero-order valence-electron chi connectivity index (χ0n) is 14.4. The molecule has 0 radical (unpaired) electrons. The summed E-state index contributed by atoms with van der Waals surface area (Å²) in [5.41, 5.74) is -0.432. The highest BCUT2D eigenvalue weighted by Crippen LogP contribution is 2.23. The van der Waals surface area contributed by atoms with Gasteiger partial charge in [-0.1, -0.05) is 27.7 Å². The van der Waals surface area contributed by atoms with Gasteiger partial charge in [-0.3, -0.25) is 9.59 Å². The van der Waals surface area contributed by atoms with Gasteiger partial charge >= 0.3 is 6.36 Å². The summed E-state index contributed by atoms with van der Waals surface area (Å²) < 4.78 is 39.7. The molecule has 0 saturated carbocycles. The van der Waals surface area contributed by atoms with Crippen molar-refractivity contribution in [2.75, 3.05) is 5.32 Å². The maximum atomic E-state index is 12.0. The Balaban J connectivity index is 0.00000134. The molecule has 0 bridgehead atoms. The molecule has 0 aliphatic heterocycles. The predicted octanol–water partition coefficient (Wildman–Crippen LogP) is 4.58. The third-order valence-corrected chi connectivity index (χ3v) is 2.41. The van der Waals surface area contributed by atoms with Crippen molar-refractivity contribution in [2.24, 2.45) is 0 Å². The molecule has 1 heterocycles. The van der Waals surface area contributed by atoms with E-state index in [1.54, 1.807) is 0 Å². The van der Waals surface area contributed by atoms with Crippen molar-refractivity contribution in [1.82, 2.24) is 4.98 Å². The fraction of sp³-hybridized carbons (Fsp3) is 0.294. The summed E-state index contributed by atoms with van der Waals surface area (Å²) in [6.45, 7) is 8.00. The summed E-state index contributed by atoms with van der Waals surface area (Å²) in [5.74, 6) is -1.07. The van der Waals surface area contributed by atoms with Gasteiger partial charge in [0, 0.05) is 11.9 Å². The minimum absolute atomic E-state index is 0.104. The molecule has 0 spiro atoms. The lowest BCUT2D eigenvalue weighted by Crippen LogP contribution is -2.22. The first-order valence-corrected chi connectivity index (χ1v) is 7.70. The van der Waals surface area contributed by atoms with Gasteiger partial charge in [-0.2, -0.15) is 0 Å². The average molecular weight is 358 g/mol. The summed E-state index contributed by atoms with van der Waals surface area (Å²) in [4.78, 5) is 25.5. The van der Waals surface area contributed by atoms with Gasteiger partial charge in [0.1, 0.15) is 11.3 Å². The molecule has 2 rings (SSSR count). The quantitative estimate of drug-likeness (QED) is 0.844. The first-order chi connectivity index (χ1) is 11.8. The van der Waals surface area contributed by atoms with Crippen LogP contribution < -0.4 is 15.6 Å². The number of carbonyl (C=O) groups excluding carboxylic acids is 1.